The van der Waals surface area contributed by atoms with Crippen LogP contribution >= 0.6 is 0 Å². The Labute approximate surface area is 242 Å². The van der Waals surface area contributed by atoms with Crippen molar-refractivity contribution in [3.05, 3.63) is 28.5 Å². The zero-order valence-electron chi connectivity index (χ0n) is 25.5. The fourth-order valence-electron chi connectivity index (χ4n) is 3.24. The highest BCUT2D eigenvalue weighted by Crippen LogP contribution is 2.31. The highest BCUT2D eigenvalue weighted by Gasteiger charge is 2.43. The summed E-state index contributed by atoms with van der Waals surface area (Å²) in [6.45, 7) is 19.7. The molecule has 3 N–H and O–H groups in total. The lowest BCUT2D eigenvalue weighted by molar-refractivity contribution is -0.223. The van der Waals surface area contributed by atoms with Gasteiger partial charge in [-0.1, -0.05) is 75.0 Å². The number of likely N-dealkylation sites (N-methyl/N-ethyl adjacent to an activating group) is 1. The van der Waals surface area contributed by atoms with Gasteiger partial charge in [0.25, 0.3) is 11.7 Å². The molecule has 3 rings (SSSR count). The second-order valence-corrected chi connectivity index (χ2v) is 13.3. The van der Waals surface area contributed by atoms with Gasteiger partial charge in [-0.2, -0.15) is 5.21 Å². The molecular weight excluding hydrogens is 534 g/mol. The molecular formula is C28H47N5O8. The number of rotatable bonds is 1. The molecule has 0 unspecified atom stereocenters. The Kier molecular flexibility index (Phi) is 12.0. The summed E-state index contributed by atoms with van der Waals surface area (Å²) >= 11 is 0. The van der Waals surface area contributed by atoms with E-state index in [0.717, 1.165) is 12.2 Å². The molecule has 0 bridgehead atoms. The summed E-state index contributed by atoms with van der Waals surface area (Å²) in [6, 6.07) is 0. The normalized spacial score (nSPS) is 18.2. The molecule has 1 aromatic heterocycles. The van der Waals surface area contributed by atoms with Crippen LogP contribution in [0.1, 0.15) is 89.4 Å². The molecule has 13 nitrogen and oxygen atoms in total. The van der Waals surface area contributed by atoms with Gasteiger partial charge in [-0.05, 0) is 5.41 Å². The molecule has 0 saturated carbocycles. The van der Waals surface area contributed by atoms with Crippen LogP contribution < -0.4 is 0 Å². The number of amides is 1. The number of H-pyrrole nitrogens is 1. The van der Waals surface area contributed by atoms with Crippen LogP contribution in [0.2, 0.25) is 0 Å². The van der Waals surface area contributed by atoms with Crippen molar-refractivity contribution in [1.82, 2.24) is 25.5 Å². The van der Waals surface area contributed by atoms with Crippen LogP contribution in [0.5, 0.6) is 0 Å². The van der Waals surface area contributed by atoms with E-state index in [0.29, 0.717) is 0 Å². The lowest BCUT2D eigenvalue weighted by Gasteiger charge is -2.31. The maximum atomic E-state index is 11.6. The van der Waals surface area contributed by atoms with Crippen LogP contribution in [0, 0.1) is 16.2 Å². The first-order valence-corrected chi connectivity index (χ1v) is 12.7. The summed E-state index contributed by atoms with van der Waals surface area (Å²) in [4.78, 5) is 47.3. The number of carbonyl (C=O) groups is 4. The van der Waals surface area contributed by atoms with Crippen molar-refractivity contribution in [2.45, 2.75) is 95.8 Å². The number of nitrogens with zero attached hydrogens (tertiary/aromatic N) is 4. The summed E-state index contributed by atoms with van der Waals surface area (Å²) in [5.74, 6) is -3.33. The van der Waals surface area contributed by atoms with Gasteiger partial charge in [-0.25, -0.2) is 9.59 Å². The third-order valence-electron chi connectivity index (χ3n) is 5.28. The lowest BCUT2D eigenvalue weighted by atomic mass is 9.90. The fourth-order valence-corrected chi connectivity index (χ4v) is 3.24. The summed E-state index contributed by atoms with van der Waals surface area (Å²) in [5.41, 5.74) is -1.52. The molecule has 0 radical (unpaired) electrons. The molecule has 2 aliphatic rings. The Balaban J connectivity index is 0.000000592. The number of aliphatic hydroxyl groups is 2. The highest BCUT2D eigenvalue weighted by atomic mass is 16.7. The second-order valence-electron chi connectivity index (χ2n) is 13.3. The third-order valence-corrected chi connectivity index (χ3v) is 5.28. The Morgan fingerprint density at radius 3 is 1.63 bits per heavy atom. The summed E-state index contributed by atoms with van der Waals surface area (Å²) in [7, 11) is 1.54. The van der Waals surface area contributed by atoms with Crippen molar-refractivity contribution < 1.29 is 38.9 Å². The average molecular weight is 582 g/mol. The number of likely N-dealkylation sites (tertiary alicyclic amines) is 1. The van der Waals surface area contributed by atoms with E-state index in [1.165, 1.54) is 18.7 Å². The van der Waals surface area contributed by atoms with Gasteiger partial charge in [0.15, 0.2) is 17.2 Å². The van der Waals surface area contributed by atoms with E-state index in [9.17, 15) is 29.4 Å². The van der Waals surface area contributed by atoms with Gasteiger partial charge in [0.05, 0.1) is 6.54 Å². The first-order valence-electron chi connectivity index (χ1n) is 12.7. The topological polar surface area (TPSA) is 185 Å². The van der Waals surface area contributed by atoms with Gasteiger partial charge in [0, 0.05) is 38.1 Å². The Morgan fingerprint density at radius 1 is 0.878 bits per heavy atom. The minimum absolute atomic E-state index is 0. The van der Waals surface area contributed by atoms with E-state index in [1.54, 1.807) is 48.6 Å². The molecule has 3 heterocycles. The average Bonchev–Trinajstić information content (AvgIpc) is 3.31. The minimum Gasteiger partial charge on any atom is -0.511 e. The number of tetrazole rings is 1. The van der Waals surface area contributed by atoms with E-state index in [1.807, 2.05) is 0 Å². The van der Waals surface area contributed by atoms with Gasteiger partial charge >= 0.3 is 11.9 Å². The number of ketones is 1. The molecule has 0 aliphatic carbocycles. The van der Waals surface area contributed by atoms with Crippen molar-refractivity contribution in [2.24, 2.45) is 16.2 Å². The van der Waals surface area contributed by atoms with Gasteiger partial charge < -0.3 is 24.6 Å². The van der Waals surface area contributed by atoms with Crippen molar-refractivity contribution in [1.29, 1.82) is 0 Å². The standard InChI is InChI=1S/C11H16O5.C10H15NO3.C6H12N4.CH4/c1-10(2,3)7(12)6-8(13)15-11(4,5)16-9(6)14;1-10(2,3)8(13)7-6(12)5-11(4)9(7)14;1-6(2,3)4-5-7-9-10-8-5;/h12H,1-5H3;13H,5H2,1-4H3;4H2,1-3H3,(H,7,8,9,10);1H4/b;8-7-;;. The lowest BCUT2D eigenvalue weighted by Crippen LogP contribution is -2.43. The molecule has 41 heavy (non-hydrogen) atoms. The predicted octanol–water partition coefficient (Wildman–Crippen LogP) is 3.99. The molecule has 2 fully saturated rings. The first-order chi connectivity index (χ1) is 17.9. The smallest absolute Gasteiger partial charge is 0.352 e. The maximum absolute atomic E-state index is 11.6. The highest BCUT2D eigenvalue weighted by molar-refractivity contribution is 6.25. The monoisotopic (exact) mass is 581 g/mol. The summed E-state index contributed by atoms with van der Waals surface area (Å²) < 4.78 is 9.75. The van der Waals surface area contributed by atoms with Crippen LogP contribution in [-0.4, -0.2) is 78.7 Å². The van der Waals surface area contributed by atoms with Crippen LogP contribution in [0.15, 0.2) is 22.7 Å². The number of ether oxygens (including phenoxy) is 2. The minimum atomic E-state index is -1.28. The van der Waals surface area contributed by atoms with Gasteiger partial charge in [-0.15, -0.1) is 10.2 Å². The van der Waals surface area contributed by atoms with Crippen molar-refractivity contribution in [3.63, 3.8) is 0 Å². The molecule has 1 amide bonds. The number of hydrogen-bond donors (Lipinski definition) is 3. The van der Waals surface area contributed by atoms with Gasteiger partial charge in [0.2, 0.25) is 0 Å². The number of aliphatic hydroxyl groups excluding tert-OH is 2. The van der Waals surface area contributed by atoms with E-state index in [2.05, 4.69) is 41.4 Å². The number of aromatic nitrogens is 4. The van der Waals surface area contributed by atoms with E-state index in [-0.39, 0.29) is 48.2 Å². The van der Waals surface area contributed by atoms with Crippen LogP contribution in [0.25, 0.3) is 0 Å². The molecule has 0 atom stereocenters. The Hall–Kier alpha value is -3.77. The molecule has 232 valence electrons. The van der Waals surface area contributed by atoms with Gasteiger partial charge in [-0.3, -0.25) is 9.59 Å². The molecule has 0 aromatic carbocycles. The Bertz CT molecular complexity index is 1160. The number of nitrogens with one attached hydrogen (secondary N) is 1. The quantitative estimate of drug-likeness (QED) is 0.188. The number of hydrogen-bond acceptors (Lipinski definition) is 11. The molecule has 13 heteroatoms. The SMILES string of the molecule is C.CC(C)(C)Cc1nn[nH]n1.CC1(C)OC(=O)C(=C(O)C(C)(C)C)C(=O)O1.CN1CC(=O)/C(=C(/O)C(C)(C)C)C1=O. The fraction of sp³-hybridized carbons (Fsp3) is 0.679. The largest absolute Gasteiger partial charge is 0.511 e. The first kappa shape index (κ1) is 37.2. The predicted molar refractivity (Wildman–Crippen MR) is 151 cm³/mol. The second kappa shape index (κ2) is 13.3. The van der Waals surface area contributed by atoms with E-state index >= 15 is 0 Å². The molecule has 0 spiro atoms. The maximum Gasteiger partial charge on any atom is 0.352 e. The summed E-state index contributed by atoms with van der Waals surface area (Å²) in [5, 5.41) is 33.2. The summed E-state index contributed by atoms with van der Waals surface area (Å²) in [6.07, 6.45) is 0.865. The molecule has 2 saturated heterocycles. The zero-order valence-corrected chi connectivity index (χ0v) is 25.5. The number of aromatic amines is 1. The van der Waals surface area contributed by atoms with Crippen molar-refractivity contribution in [2.75, 3.05) is 13.6 Å². The number of allylic oxidation sites excluding steroid dienone is 2. The van der Waals surface area contributed by atoms with Crippen LogP contribution in [0.4, 0.5) is 0 Å². The number of cyclic esters (lactones) is 2. The number of carbonyl (C=O) groups excluding carboxylic acids is 4. The van der Waals surface area contributed by atoms with Gasteiger partial charge in [0.1, 0.15) is 17.1 Å². The van der Waals surface area contributed by atoms with E-state index in [4.69, 9.17) is 9.47 Å². The number of Topliss-reactive ketones (excluding diaryl/α,β-unsaturated/α-hetero) is 1. The van der Waals surface area contributed by atoms with Crippen molar-refractivity contribution >= 4 is 23.6 Å². The molecule has 1 aromatic rings. The van der Waals surface area contributed by atoms with Crippen LogP contribution in [0.3, 0.4) is 0 Å². The number of esters is 2. The molecule has 2 aliphatic heterocycles. The third kappa shape index (κ3) is 11.0. The van der Waals surface area contributed by atoms with Crippen molar-refractivity contribution in [3.8, 4) is 0 Å². The van der Waals surface area contributed by atoms with E-state index < -0.39 is 34.1 Å². The van der Waals surface area contributed by atoms with Crippen LogP contribution in [-0.2, 0) is 35.1 Å². The Morgan fingerprint density at radius 2 is 1.32 bits per heavy atom. The zero-order chi connectivity index (χ0) is 31.4.